The number of aromatic hydroxyl groups is 1. The molecule has 2 N–H and O–H groups in total. The van der Waals surface area contributed by atoms with Gasteiger partial charge in [-0.15, -0.1) is 0 Å². The van der Waals surface area contributed by atoms with Crippen LogP contribution in [-0.4, -0.2) is 20.9 Å². The second-order valence-corrected chi connectivity index (χ2v) is 7.49. The standard InChI is InChI=1S/C21H16BrN3O3/c1-11-4-3-5-18(12(11)2)25-20(27)16(19(26)24-21(25)28)8-13-10-23-17-7-6-14(22)9-15(13)17/h3-10,27H,1-2H3,(H,24,26,28). The number of aryl methyl sites for hydroxylation is 1. The lowest BCUT2D eigenvalue weighted by molar-refractivity contribution is 0.429. The summed E-state index contributed by atoms with van der Waals surface area (Å²) < 4.78 is 1.99. The van der Waals surface area contributed by atoms with Crippen LogP contribution < -0.4 is 11.2 Å². The summed E-state index contributed by atoms with van der Waals surface area (Å²) in [6.07, 6.45) is 3.17. The van der Waals surface area contributed by atoms with Crippen LogP contribution in [0, 0.1) is 13.8 Å². The molecule has 3 aromatic rings. The molecule has 0 atom stereocenters. The molecular weight excluding hydrogens is 422 g/mol. The summed E-state index contributed by atoms with van der Waals surface area (Å²) in [5, 5.41) is 10.8. The highest BCUT2D eigenvalue weighted by atomic mass is 79.9. The third-order valence-electron chi connectivity index (χ3n) is 4.85. The highest BCUT2D eigenvalue weighted by Crippen LogP contribution is 2.35. The van der Waals surface area contributed by atoms with Crippen LogP contribution in [0.1, 0.15) is 22.3 Å². The normalized spacial score (nSPS) is 13.9. The van der Waals surface area contributed by atoms with Crippen molar-refractivity contribution in [3.63, 3.8) is 0 Å². The van der Waals surface area contributed by atoms with Gasteiger partial charge < -0.3 is 5.11 Å². The molecule has 2 heterocycles. The fraction of sp³-hybridized carbons (Fsp3) is 0.0952. The molecule has 0 spiro atoms. The molecule has 7 heteroatoms. The van der Waals surface area contributed by atoms with Crippen LogP contribution >= 0.6 is 15.9 Å². The molecule has 0 radical (unpaired) electrons. The number of benzene rings is 2. The second kappa shape index (κ2) is 6.76. The van der Waals surface area contributed by atoms with Gasteiger partial charge in [0.15, 0.2) is 0 Å². The average Bonchev–Trinajstić information content (AvgIpc) is 3.04. The SMILES string of the molecule is Cc1cccc(-n2c(O)c(C=C3C=Nc4ccc(Br)cc43)c(=O)[nH]c2=O)c1C. The van der Waals surface area contributed by atoms with Crippen molar-refractivity contribution in [2.75, 3.05) is 0 Å². The van der Waals surface area contributed by atoms with Gasteiger partial charge >= 0.3 is 5.69 Å². The topological polar surface area (TPSA) is 87.4 Å². The number of fused-ring (bicyclic) bond motifs is 1. The van der Waals surface area contributed by atoms with E-state index in [2.05, 4.69) is 25.9 Å². The molecular formula is C21H16BrN3O3. The van der Waals surface area contributed by atoms with Gasteiger partial charge in [0.2, 0.25) is 5.88 Å². The molecule has 1 aliphatic rings. The molecule has 0 saturated carbocycles. The van der Waals surface area contributed by atoms with Gasteiger partial charge in [-0.05, 0) is 55.3 Å². The summed E-state index contributed by atoms with van der Waals surface area (Å²) in [6.45, 7) is 3.77. The first kappa shape index (κ1) is 18.2. The predicted octanol–water partition coefficient (Wildman–Crippen LogP) is 3.87. The van der Waals surface area contributed by atoms with Gasteiger partial charge in [-0.1, -0.05) is 28.1 Å². The molecule has 0 bridgehead atoms. The van der Waals surface area contributed by atoms with Gasteiger partial charge in [-0.25, -0.2) is 9.36 Å². The molecule has 28 heavy (non-hydrogen) atoms. The van der Waals surface area contributed by atoms with E-state index in [0.29, 0.717) is 11.3 Å². The largest absolute Gasteiger partial charge is 0.494 e. The van der Waals surface area contributed by atoms with Crippen LogP contribution in [-0.2, 0) is 0 Å². The van der Waals surface area contributed by atoms with Crippen molar-refractivity contribution in [3.8, 4) is 11.6 Å². The first-order valence-corrected chi connectivity index (χ1v) is 9.36. The Morgan fingerprint density at radius 3 is 2.75 bits per heavy atom. The number of aromatic amines is 1. The minimum atomic E-state index is -0.693. The molecule has 0 aliphatic carbocycles. The maximum absolute atomic E-state index is 12.5. The van der Waals surface area contributed by atoms with E-state index in [1.54, 1.807) is 18.3 Å². The summed E-state index contributed by atoms with van der Waals surface area (Å²) in [7, 11) is 0. The Balaban J connectivity index is 1.95. The maximum Gasteiger partial charge on any atom is 0.335 e. The van der Waals surface area contributed by atoms with E-state index in [-0.39, 0.29) is 5.56 Å². The Labute approximate surface area is 168 Å². The van der Waals surface area contributed by atoms with Gasteiger partial charge in [0.25, 0.3) is 5.56 Å². The maximum atomic E-state index is 12.5. The van der Waals surface area contributed by atoms with E-state index < -0.39 is 17.1 Å². The Kier molecular flexibility index (Phi) is 4.39. The van der Waals surface area contributed by atoms with Crippen molar-refractivity contribution in [1.82, 2.24) is 9.55 Å². The Morgan fingerprint density at radius 1 is 1.18 bits per heavy atom. The van der Waals surface area contributed by atoms with Gasteiger partial charge in [-0.2, -0.15) is 0 Å². The number of allylic oxidation sites excluding steroid dienone is 1. The minimum Gasteiger partial charge on any atom is -0.494 e. The van der Waals surface area contributed by atoms with Crippen molar-refractivity contribution in [2.45, 2.75) is 13.8 Å². The lowest BCUT2D eigenvalue weighted by Gasteiger charge is -2.14. The van der Waals surface area contributed by atoms with Gasteiger partial charge in [0.05, 0.1) is 11.4 Å². The Morgan fingerprint density at radius 2 is 1.96 bits per heavy atom. The van der Waals surface area contributed by atoms with Gasteiger partial charge in [0.1, 0.15) is 5.56 Å². The zero-order valence-electron chi connectivity index (χ0n) is 15.2. The fourth-order valence-electron chi connectivity index (χ4n) is 3.20. The van der Waals surface area contributed by atoms with Crippen molar-refractivity contribution in [3.05, 3.63) is 84.0 Å². The third-order valence-corrected chi connectivity index (χ3v) is 5.34. The van der Waals surface area contributed by atoms with Crippen LogP contribution in [0.4, 0.5) is 5.69 Å². The van der Waals surface area contributed by atoms with E-state index in [4.69, 9.17) is 0 Å². The Hall–Kier alpha value is -3.19. The highest BCUT2D eigenvalue weighted by molar-refractivity contribution is 9.10. The van der Waals surface area contributed by atoms with E-state index in [1.807, 2.05) is 38.1 Å². The number of aliphatic imine (C=N–C) groups is 1. The van der Waals surface area contributed by atoms with Crippen molar-refractivity contribution < 1.29 is 5.11 Å². The number of rotatable bonds is 2. The molecule has 0 fully saturated rings. The highest BCUT2D eigenvalue weighted by Gasteiger charge is 2.19. The summed E-state index contributed by atoms with van der Waals surface area (Å²) in [6, 6.07) is 11.1. The van der Waals surface area contributed by atoms with E-state index in [1.165, 1.54) is 6.08 Å². The van der Waals surface area contributed by atoms with Crippen LogP contribution in [0.5, 0.6) is 5.88 Å². The van der Waals surface area contributed by atoms with Gasteiger partial charge in [-0.3, -0.25) is 14.8 Å². The average molecular weight is 438 g/mol. The molecule has 2 aromatic carbocycles. The molecule has 0 amide bonds. The van der Waals surface area contributed by atoms with Crippen LogP contribution in [0.3, 0.4) is 0 Å². The minimum absolute atomic E-state index is 0.00483. The quantitative estimate of drug-likeness (QED) is 0.637. The summed E-state index contributed by atoms with van der Waals surface area (Å²) in [4.78, 5) is 31.5. The number of nitrogens with zero attached hydrogens (tertiary/aromatic N) is 2. The molecule has 1 aliphatic heterocycles. The first-order chi connectivity index (χ1) is 13.4. The summed E-state index contributed by atoms with van der Waals surface area (Å²) in [5.41, 5.74) is 3.24. The van der Waals surface area contributed by atoms with Crippen molar-refractivity contribution in [1.29, 1.82) is 0 Å². The predicted molar refractivity (Wildman–Crippen MR) is 114 cm³/mol. The number of halogens is 1. The number of hydrogen-bond donors (Lipinski definition) is 2. The van der Waals surface area contributed by atoms with Gasteiger partial charge in [0, 0.05) is 21.8 Å². The van der Waals surface area contributed by atoms with Crippen LogP contribution in [0.25, 0.3) is 17.3 Å². The second-order valence-electron chi connectivity index (χ2n) is 6.57. The lowest BCUT2D eigenvalue weighted by atomic mass is 10.0. The summed E-state index contributed by atoms with van der Waals surface area (Å²) >= 11 is 3.43. The van der Waals surface area contributed by atoms with E-state index in [0.717, 1.165) is 31.4 Å². The number of nitrogens with one attached hydrogen (secondary N) is 1. The van der Waals surface area contributed by atoms with Crippen LogP contribution in [0.2, 0.25) is 0 Å². The fourth-order valence-corrected chi connectivity index (χ4v) is 3.56. The van der Waals surface area contributed by atoms with Crippen molar-refractivity contribution in [2.24, 2.45) is 4.99 Å². The third kappa shape index (κ3) is 2.93. The monoisotopic (exact) mass is 437 g/mol. The first-order valence-electron chi connectivity index (χ1n) is 8.57. The van der Waals surface area contributed by atoms with E-state index in [9.17, 15) is 14.7 Å². The molecule has 1 aromatic heterocycles. The van der Waals surface area contributed by atoms with Crippen LogP contribution in [0.15, 0.2) is 55.5 Å². The molecule has 0 saturated heterocycles. The molecule has 6 nitrogen and oxygen atoms in total. The van der Waals surface area contributed by atoms with E-state index >= 15 is 0 Å². The number of H-pyrrole nitrogens is 1. The zero-order valence-corrected chi connectivity index (χ0v) is 16.7. The Bertz CT molecular complexity index is 1300. The smallest absolute Gasteiger partial charge is 0.335 e. The summed E-state index contributed by atoms with van der Waals surface area (Å²) in [5.74, 6) is -0.410. The zero-order chi connectivity index (χ0) is 20.0. The number of hydrogen-bond acceptors (Lipinski definition) is 4. The molecule has 0 unspecified atom stereocenters. The number of aromatic nitrogens is 2. The lowest BCUT2D eigenvalue weighted by Crippen LogP contribution is -2.30. The molecule has 140 valence electrons. The van der Waals surface area contributed by atoms with Crippen molar-refractivity contribution >= 4 is 39.5 Å². The molecule has 4 rings (SSSR count).